The number of anilines is 1. The molecule has 3 N–H and O–H groups in total. The third kappa shape index (κ3) is 4.44. The van der Waals surface area contributed by atoms with E-state index in [1.807, 2.05) is 6.92 Å². The first-order chi connectivity index (χ1) is 10.6. The summed E-state index contributed by atoms with van der Waals surface area (Å²) >= 11 is 0. The molecule has 1 fully saturated rings. The van der Waals surface area contributed by atoms with Crippen molar-refractivity contribution in [2.24, 2.45) is 0 Å². The maximum Gasteiger partial charge on any atom is 0.257 e. The molecule has 22 heavy (non-hydrogen) atoms. The number of hydrogen-bond acceptors (Lipinski definition) is 5. The molecule has 0 saturated carbocycles. The van der Waals surface area contributed by atoms with Gasteiger partial charge >= 0.3 is 0 Å². The number of benzene rings is 1. The highest BCUT2D eigenvalue weighted by Gasteiger charge is 2.28. The van der Waals surface area contributed by atoms with Crippen LogP contribution in [0.4, 0.5) is 5.69 Å². The SMILES string of the molecule is CNC(=O)COc1ccc(NC(=O)[C@H]2NCCO[C@@H]2C)cc1. The van der Waals surface area contributed by atoms with Crippen LogP contribution in [0.15, 0.2) is 24.3 Å². The van der Waals surface area contributed by atoms with E-state index in [9.17, 15) is 9.59 Å². The Morgan fingerprint density at radius 2 is 2.09 bits per heavy atom. The number of carbonyl (C=O) groups excluding carboxylic acids is 2. The van der Waals surface area contributed by atoms with Gasteiger partial charge in [-0.3, -0.25) is 9.59 Å². The third-order valence-electron chi connectivity index (χ3n) is 3.37. The molecule has 1 saturated heterocycles. The van der Waals surface area contributed by atoms with Crippen molar-refractivity contribution in [2.75, 3.05) is 32.1 Å². The summed E-state index contributed by atoms with van der Waals surface area (Å²) in [5.74, 6) is 0.232. The van der Waals surface area contributed by atoms with Gasteiger partial charge in [0.1, 0.15) is 11.8 Å². The molecule has 7 nitrogen and oxygen atoms in total. The van der Waals surface area contributed by atoms with Crippen LogP contribution in [-0.4, -0.2) is 50.8 Å². The van der Waals surface area contributed by atoms with Gasteiger partial charge in [0, 0.05) is 19.3 Å². The summed E-state index contributed by atoms with van der Waals surface area (Å²) in [5.41, 5.74) is 0.664. The van der Waals surface area contributed by atoms with E-state index in [1.165, 1.54) is 0 Å². The number of morpholine rings is 1. The van der Waals surface area contributed by atoms with Crippen LogP contribution in [0, 0.1) is 0 Å². The van der Waals surface area contributed by atoms with Gasteiger partial charge in [0.05, 0.1) is 12.7 Å². The highest BCUT2D eigenvalue weighted by Crippen LogP contribution is 2.16. The lowest BCUT2D eigenvalue weighted by molar-refractivity contribution is -0.124. The zero-order valence-electron chi connectivity index (χ0n) is 12.7. The number of carbonyl (C=O) groups is 2. The van der Waals surface area contributed by atoms with Crippen LogP contribution in [0.5, 0.6) is 5.75 Å². The molecule has 0 unspecified atom stereocenters. The molecule has 2 atom stereocenters. The fourth-order valence-corrected chi connectivity index (χ4v) is 2.10. The Hall–Kier alpha value is -2.12. The van der Waals surface area contributed by atoms with Gasteiger partial charge in [-0.05, 0) is 31.2 Å². The molecule has 0 aliphatic carbocycles. The Morgan fingerprint density at radius 1 is 1.36 bits per heavy atom. The summed E-state index contributed by atoms with van der Waals surface area (Å²) in [6.07, 6.45) is -0.163. The minimum Gasteiger partial charge on any atom is -0.484 e. The maximum atomic E-state index is 12.2. The van der Waals surface area contributed by atoms with E-state index in [0.717, 1.165) is 0 Å². The quantitative estimate of drug-likeness (QED) is 0.719. The van der Waals surface area contributed by atoms with Crippen molar-refractivity contribution in [1.29, 1.82) is 0 Å². The topological polar surface area (TPSA) is 88.7 Å². The van der Waals surface area contributed by atoms with E-state index >= 15 is 0 Å². The van der Waals surface area contributed by atoms with Gasteiger partial charge in [0.15, 0.2) is 6.61 Å². The molecule has 0 bridgehead atoms. The Labute approximate surface area is 129 Å². The summed E-state index contributed by atoms with van der Waals surface area (Å²) in [4.78, 5) is 23.3. The third-order valence-corrected chi connectivity index (χ3v) is 3.37. The van der Waals surface area contributed by atoms with Gasteiger partial charge in [0.25, 0.3) is 5.91 Å². The summed E-state index contributed by atoms with van der Waals surface area (Å²) in [7, 11) is 1.55. The second-order valence-electron chi connectivity index (χ2n) is 4.98. The second-order valence-corrected chi connectivity index (χ2v) is 4.98. The summed E-state index contributed by atoms with van der Waals surface area (Å²) in [5, 5.41) is 8.44. The number of rotatable bonds is 5. The van der Waals surface area contributed by atoms with Crippen LogP contribution in [0.25, 0.3) is 0 Å². The fourth-order valence-electron chi connectivity index (χ4n) is 2.10. The van der Waals surface area contributed by atoms with E-state index in [-0.39, 0.29) is 30.6 Å². The van der Waals surface area contributed by atoms with Crippen molar-refractivity contribution in [1.82, 2.24) is 10.6 Å². The van der Waals surface area contributed by atoms with Crippen molar-refractivity contribution in [3.05, 3.63) is 24.3 Å². The lowest BCUT2D eigenvalue weighted by Crippen LogP contribution is -2.53. The van der Waals surface area contributed by atoms with Crippen LogP contribution in [0.1, 0.15) is 6.92 Å². The van der Waals surface area contributed by atoms with Crippen LogP contribution in [0.2, 0.25) is 0 Å². The van der Waals surface area contributed by atoms with Crippen molar-refractivity contribution in [3.63, 3.8) is 0 Å². The normalized spacial score (nSPS) is 21.0. The van der Waals surface area contributed by atoms with Gasteiger partial charge in [0.2, 0.25) is 5.91 Å². The van der Waals surface area contributed by atoms with Gasteiger partial charge in [-0.25, -0.2) is 0 Å². The van der Waals surface area contributed by atoms with Gasteiger partial charge in [-0.1, -0.05) is 0 Å². The van der Waals surface area contributed by atoms with Crippen LogP contribution < -0.4 is 20.7 Å². The molecule has 0 aromatic heterocycles. The average Bonchev–Trinajstić information content (AvgIpc) is 2.54. The highest BCUT2D eigenvalue weighted by atomic mass is 16.5. The number of nitrogens with one attached hydrogen (secondary N) is 3. The lowest BCUT2D eigenvalue weighted by atomic mass is 10.1. The zero-order chi connectivity index (χ0) is 15.9. The standard InChI is InChI=1S/C15H21N3O4/c1-10-14(17-7-8-21-10)15(20)18-11-3-5-12(6-4-11)22-9-13(19)16-2/h3-6,10,14,17H,7-9H2,1-2H3,(H,16,19)(H,18,20)/t10-,14+/m1/s1. The summed E-state index contributed by atoms with van der Waals surface area (Å²) < 4.78 is 10.7. The highest BCUT2D eigenvalue weighted by molar-refractivity contribution is 5.95. The van der Waals surface area contributed by atoms with Gasteiger partial charge in [-0.2, -0.15) is 0 Å². The molecule has 120 valence electrons. The smallest absolute Gasteiger partial charge is 0.257 e. The molecule has 1 aromatic rings. The van der Waals surface area contributed by atoms with Crippen LogP contribution >= 0.6 is 0 Å². The fraction of sp³-hybridized carbons (Fsp3) is 0.467. The molecule has 1 aliphatic heterocycles. The molecule has 7 heteroatoms. The van der Waals surface area contributed by atoms with Crippen LogP contribution in [0.3, 0.4) is 0 Å². The van der Waals surface area contributed by atoms with Crippen molar-refractivity contribution in [2.45, 2.75) is 19.1 Å². The van der Waals surface area contributed by atoms with E-state index in [2.05, 4.69) is 16.0 Å². The van der Waals surface area contributed by atoms with E-state index in [0.29, 0.717) is 24.6 Å². The van der Waals surface area contributed by atoms with E-state index < -0.39 is 0 Å². The second kappa shape index (κ2) is 7.77. The summed E-state index contributed by atoms with van der Waals surface area (Å²) in [6, 6.07) is 6.49. The predicted molar refractivity (Wildman–Crippen MR) is 81.8 cm³/mol. The minimum atomic E-state index is -0.363. The molecule has 1 heterocycles. The number of likely N-dealkylation sites (N-methyl/N-ethyl adjacent to an activating group) is 1. The monoisotopic (exact) mass is 307 g/mol. The number of hydrogen-bond donors (Lipinski definition) is 3. The molecule has 0 spiro atoms. The average molecular weight is 307 g/mol. The molecular formula is C15H21N3O4. The molecular weight excluding hydrogens is 286 g/mol. The van der Waals surface area contributed by atoms with Crippen molar-refractivity contribution in [3.8, 4) is 5.75 Å². The first kappa shape index (κ1) is 16.3. The largest absolute Gasteiger partial charge is 0.484 e. The maximum absolute atomic E-state index is 12.2. The van der Waals surface area contributed by atoms with Crippen molar-refractivity contribution < 1.29 is 19.1 Å². The molecule has 2 amide bonds. The summed E-state index contributed by atoms with van der Waals surface area (Å²) in [6.45, 7) is 3.10. The zero-order valence-corrected chi connectivity index (χ0v) is 12.7. The van der Waals surface area contributed by atoms with Gasteiger partial charge < -0.3 is 25.4 Å². The van der Waals surface area contributed by atoms with Crippen LogP contribution in [-0.2, 0) is 14.3 Å². The van der Waals surface area contributed by atoms with Crippen molar-refractivity contribution >= 4 is 17.5 Å². The number of ether oxygens (including phenoxy) is 2. The molecule has 2 rings (SSSR count). The Morgan fingerprint density at radius 3 is 2.73 bits per heavy atom. The molecule has 1 aliphatic rings. The molecule has 1 aromatic carbocycles. The first-order valence-electron chi connectivity index (χ1n) is 7.19. The lowest BCUT2D eigenvalue weighted by Gasteiger charge is -2.29. The van der Waals surface area contributed by atoms with E-state index in [4.69, 9.17) is 9.47 Å². The number of amides is 2. The minimum absolute atomic E-state index is 0.0386. The molecule has 0 radical (unpaired) electrons. The Kier molecular flexibility index (Phi) is 5.74. The van der Waals surface area contributed by atoms with Gasteiger partial charge in [-0.15, -0.1) is 0 Å². The van der Waals surface area contributed by atoms with E-state index in [1.54, 1.807) is 31.3 Å². The predicted octanol–water partition coefficient (Wildman–Crippen LogP) is 0.127. The Balaban J connectivity index is 1.87. The first-order valence-corrected chi connectivity index (χ1v) is 7.19. The Bertz CT molecular complexity index is 518.